The summed E-state index contributed by atoms with van der Waals surface area (Å²) in [5.74, 6) is 0.768. The molecule has 4 heteroatoms. The van der Waals surface area contributed by atoms with Crippen LogP contribution in [0, 0.1) is 5.82 Å². The van der Waals surface area contributed by atoms with Crippen LogP contribution in [-0.4, -0.2) is 17.0 Å². The zero-order valence-electron chi connectivity index (χ0n) is 10.4. The SMILES string of the molecule is CNc1nc(-c2ccccc2F)nc2ccccc12. The average molecular weight is 253 g/mol. The van der Waals surface area contributed by atoms with Gasteiger partial charge in [0.05, 0.1) is 11.1 Å². The van der Waals surface area contributed by atoms with Crippen LogP contribution in [0.5, 0.6) is 0 Å². The number of fused-ring (bicyclic) bond motifs is 1. The van der Waals surface area contributed by atoms with Crippen molar-refractivity contribution in [1.82, 2.24) is 9.97 Å². The largest absolute Gasteiger partial charge is 0.373 e. The van der Waals surface area contributed by atoms with Gasteiger partial charge >= 0.3 is 0 Å². The van der Waals surface area contributed by atoms with Crippen molar-refractivity contribution in [3.63, 3.8) is 0 Å². The number of para-hydroxylation sites is 1. The first-order valence-corrected chi connectivity index (χ1v) is 5.99. The van der Waals surface area contributed by atoms with Crippen molar-refractivity contribution in [3.05, 3.63) is 54.3 Å². The molecule has 0 bridgehead atoms. The van der Waals surface area contributed by atoms with Crippen molar-refractivity contribution in [2.24, 2.45) is 0 Å². The number of hydrogen-bond donors (Lipinski definition) is 1. The molecular formula is C15H12FN3. The number of nitrogens with zero attached hydrogens (tertiary/aromatic N) is 2. The van der Waals surface area contributed by atoms with Crippen LogP contribution in [0.15, 0.2) is 48.5 Å². The average Bonchev–Trinajstić information content (AvgIpc) is 2.46. The Morgan fingerprint density at radius 3 is 2.47 bits per heavy atom. The minimum Gasteiger partial charge on any atom is -0.373 e. The molecule has 3 aromatic rings. The molecule has 1 N–H and O–H groups in total. The van der Waals surface area contributed by atoms with Gasteiger partial charge in [-0.1, -0.05) is 24.3 Å². The summed E-state index contributed by atoms with van der Waals surface area (Å²) < 4.78 is 13.8. The maximum absolute atomic E-state index is 13.8. The van der Waals surface area contributed by atoms with Crippen LogP contribution in [0.25, 0.3) is 22.3 Å². The van der Waals surface area contributed by atoms with Gasteiger partial charge in [-0.25, -0.2) is 14.4 Å². The van der Waals surface area contributed by atoms with Gasteiger partial charge in [-0.3, -0.25) is 0 Å². The summed E-state index contributed by atoms with van der Waals surface area (Å²) in [6, 6.07) is 14.2. The molecule has 0 spiro atoms. The highest BCUT2D eigenvalue weighted by Crippen LogP contribution is 2.25. The Morgan fingerprint density at radius 2 is 1.68 bits per heavy atom. The summed E-state index contributed by atoms with van der Waals surface area (Å²) in [6.07, 6.45) is 0. The van der Waals surface area contributed by atoms with Crippen LogP contribution in [0.1, 0.15) is 0 Å². The van der Waals surface area contributed by atoms with E-state index in [-0.39, 0.29) is 5.82 Å². The zero-order chi connectivity index (χ0) is 13.2. The molecule has 0 aliphatic rings. The number of anilines is 1. The topological polar surface area (TPSA) is 37.8 Å². The molecule has 2 aromatic carbocycles. The molecule has 1 aromatic heterocycles. The number of aromatic nitrogens is 2. The molecule has 0 aliphatic heterocycles. The molecule has 0 saturated heterocycles. The fraction of sp³-hybridized carbons (Fsp3) is 0.0667. The number of nitrogens with one attached hydrogen (secondary N) is 1. The Bertz CT molecular complexity index is 740. The first-order valence-electron chi connectivity index (χ1n) is 5.99. The molecule has 3 rings (SSSR count). The third-order valence-corrected chi connectivity index (χ3v) is 2.95. The maximum Gasteiger partial charge on any atom is 0.165 e. The van der Waals surface area contributed by atoms with E-state index in [0.29, 0.717) is 17.2 Å². The van der Waals surface area contributed by atoms with Gasteiger partial charge in [-0.05, 0) is 24.3 Å². The van der Waals surface area contributed by atoms with Gasteiger partial charge in [0.2, 0.25) is 0 Å². The Morgan fingerprint density at radius 1 is 0.947 bits per heavy atom. The Labute approximate surface area is 110 Å². The zero-order valence-corrected chi connectivity index (χ0v) is 10.4. The third-order valence-electron chi connectivity index (χ3n) is 2.95. The Hall–Kier alpha value is -2.49. The van der Waals surface area contributed by atoms with Crippen molar-refractivity contribution in [3.8, 4) is 11.4 Å². The number of hydrogen-bond acceptors (Lipinski definition) is 3. The van der Waals surface area contributed by atoms with Crippen molar-refractivity contribution in [2.75, 3.05) is 12.4 Å². The molecule has 0 atom stereocenters. The van der Waals surface area contributed by atoms with E-state index in [4.69, 9.17) is 0 Å². The molecule has 3 nitrogen and oxygen atoms in total. The second-order valence-corrected chi connectivity index (χ2v) is 4.14. The first-order chi connectivity index (χ1) is 9.29. The summed E-state index contributed by atoms with van der Waals surface area (Å²) in [5.41, 5.74) is 1.20. The Kier molecular flexibility index (Phi) is 2.83. The summed E-state index contributed by atoms with van der Waals surface area (Å²) in [5, 5.41) is 3.95. The van der Waals surface area contributed by atoms with Crippen LogP contribution in [-0.2, 0) is 0 Å². The number of benzene rings is 2. The van der Waals surface area contributed by atoms with E-state index < -0.39 is 0 Å². The van der Waals surface area contributed by atoms with Crippen LogP contribution in [0.2, 0.25) is 0 Å². The van der Waals surface area contributed by atoms with Crippen molar-refractivity contribution >= 4 is 16.7 Å². The van der Waals surface area contributed by atoms with E-state index in [2.05, 4.69) is 15.3 Å². The van der Waals surface area contributed by atoms with Gasteiger partial charge in [-0.15, -0.1) is 0 Å². The van der Waals surface area contributed by atoms with Crippen molar-refractivity contribution < 1.29 is 4.39 Å². The van der Waals surface area contributed by atoms with E-state index in [9.17, 15) is 4.39 Å². The predicted octanol–water partition coefficient (Wildman–Crippen LogP) is 3.48. The lowest BCUT2D eigenvalue weighted by molar-refractivity contribution is 0.630. The van der Waals surface area contributed by atoms with Gasteiger partial charge < -0.3 is 5.32 Å². The van der Waals surface area contributed by atoms with Crippen LogP contribution in [0.3, 0.4) is 0 Å². The monoisotopic (exact) mass is 253 g/mol. The van der Waals surface area contributed by atoms with Crippen LogP contribution >= 0.6 is 0 Å². The highest BCUT2D eigenvalue weighted by Gasteiger charge is 2.11. The highest BCUT2D eigenvalue weighted by atomic mass is 19.1. The van der Waals surface area contributed by atoms with E-state index in [1.54, 1.807) is 25.2 Å². The van der Waals surface area contributed by atoms with E-state index in [1.165, 1.54) is 6.07 Å². The summed E-state index contributed by atoms with van der Waals surface area (Å²) >= 11 is 0. The number of halogens is 1. The lowest BCUT2D eigenvalue weighted by Crippen LogP contribution is -1.99. The molecule has 0 saturated carbocycles. The second kappa shape index (κ2) is 4.65. The van der Waals surface area contributed by atoms with Crippen molar-refractivity contribution in [1.29, 1.82) is 0 Å². The minimum atomic E-state index is -0.320. The predicted molar refractivity (Wildman–Crippen MR) is 74.5 cm³/mol. The normalized spacial score (nSPS) is 10.6. The molecule has 0 fully saturated rings. The molecule has 0 unspecified atom stereocenters. The molecule has 19 heavy (non-hydrogen) atoms. The molecular weight excluding hydrogens is 241 g/mol. The van der Waals surface area contributed by atoms with Gasteiger partial charge in [-0.2, -0.15) is 0 Å². The lowest BCUT2D eigenvalue weighted by atomic mass is 10.1. The molecule has 0 amide bonds. The van der Waals surface area contributed by atoms with E-state index >= 15 is 0 Å². The van der Waals surface area contributed by atoms with Crippen molar-refractivity contribution in [2.45, 2.75) is 0 Å². The van der Waals surface area contributed by atoms with Gasteiger partial charge in [0, 0.05) is 12.4 Å². The first kappa shape index (κ1) is 11.6. The summed E-state index contributed by atoms with van der Waals surface area (Å²) in [7, 11) is 1.79. The summed E-state index contributed by atoms with van der Waals surface area (Å²) in [6.45, 7) is 0. The summed E-state index contributed by atoms with van der Waals surface area (Å²) in [4.78, 5) is 8.81. The lowest BCUT2D eigenvalue weighted by Gasteiger charge is -2.08. The third kappa shape index (κ3) is 2.01. The minimum absolute atomic E-state index is 0.320. The number of rotatable bonds is 2. The van der Waals surface area contributed by atoms with Crippen LogP contribution < -0.4 is 5.32 Å². The molecule has 94 valence electrons. The highest BCUT2D eigenvalue weighted by molar-refractivity contribution is 5.90. The van der Waals surface area contributed by atoms with Gasteiger partial charge in [0.15, 0.2) is 5.82 Å². The smallest absolute Gasteiger partial charge is 0.165 e. The molecule has 1 heterocycles. The van der Waals surface area contributed by atoms with Gasteiger partial charge in [0.25, 0.3) is 0 Å². The van der Waals surface area contributed by atoms with E-state index in [0.717, 1.165) is 10.9 Å². The molecule has 0 aliphatic carbocycles. The van der Waals surface area contributed by atoms with Gasteiger partial charge in [0.1, 0.15) is 11.6 Å². The van der Waals surface area contributed by atoms with Crippen LogP contribution in [0.4, 0.5) is 10.2 Å². The fourth-order valence-electron chi connectivity index (χ4n) is 2.03. The Balaban J connectivity index is 2.29. The standard InChI is InChI=1S/C15H12FN3/c1-17-14-11-7-3-5-9-13(11)18-15(19-14)10-6-2-4-8-12(10)16/h2-9H,1H3,(H,17,18,19). The molecule has 0 radical (unpaired) electrons. The van der Waals surface area contributed by atoms with E-state index in [1.807, 2.05) is 24.3 Å². The quantitative estimate of drug-likeness (QED) is 0.759. The second-order valence-electron chi connectivity index (χ2n) is 4.14. The maximum atomic E-state index is 13.8. The fourth-order valence-corrected chi connectivity index (χ4v) is 2.03.